The third kappa shape index (κ3) is 2.43. The lowest BCUT2D eigenvalue weighted by atomic mass is 9.96. The zero-order valence-corrected chi connectivity index (χ0v) is 12.3. The minimum absolute atomic E-state index is 1.17. The number of hydrogen-bond donors (Lipinski definition) is 0. The van der Waals surface area contributed by atoms with Crippen LogP contribution in [0.25, 0.3) is 11.1 Å². The van der Waals surface area contributed by atoms with E-state index < -0.39 is 0 Å². The van der Waals surface area contributed by atoms with Crippen LogP contribution in [0, 0.1) is 13.3 Å². The van der Waals surface area contributed by atoms with Gasteiger partial charge in [0.2, 0.25) is 0 Å². The van der Waals surface area contributed by atoms with Gasteiger partial charge >= 0.3 is 0 Å². The first-order valence-corrected chi connectivity index (χ1v) is 7.54. The highest BCUT2D eigenvalue weighted by Gasteiger charge is 2.21. The molecule has 0 amide bonds. The summed E-state index contributed by atoms with van der Waals surface area (Å²) in [6, 6.07) is 17.7. The van der Waals surface area contributed by atoms with Crippen LogP contribution in [0.5, 0.6) is 0 Å². The molecule has 1 aliphatic carbocycles. The van der Waals surface area contributed by atoms with E-state index in [0.717, 1.165) is 0 Å². The second-order valence-corrected chi connectivity index (χ2v) is 5.59. The van der Waals surface area contributed by atoms with E-state index >= 15 is 0 Å². The molecule has 0 aliphatic heterocycles. The van der Waals surface area contributed by atoms with Crippen molar-refractivity contribution in [3.63, 3.8) is 0 Å². The second-order valence-electron chi connectivity index (χ2n) is 5.59. The van der Waals surface area contributed by atoms with Crippen LogP contribution in [0.3, 0.4) is 0 Å². The summed E-state index contributed by atoms with van der Waals surface area (Å²) in [7, 11) is 0. The largest absolute Gasteiger partial charge is 0.0654 e. The summed E-state index contributed by atoms with van der Waals surface area (Å²) in [5.74, 6) is 0. The van der Waals surface area contributed by atoms with Crippen molar-refractivity contribution in [1.29, 1.82) is 0 Å². The molecule has 3 rings (SSSR count). The fourth-order valence-corrected chi connectivity index (χ4v) is 2.90. The summed E-state index contributed by atoms with van der Waals surface area (Å²) in [6.45, 7) is 4.40. The van der Waals surface area contributed by atoms with Gasteiger partial charge in [-0.25, -0.2) is 0 Å². The first kappa shape index (κ1) is 13.2. The van der Waals surface area contributed by atoms with Crippen LogP contribution in [-0.4, -0.2) is 0 Å². The smallest absolute Gasteiger partial charge is 0.0214 e. The van der Waals surface area contributed by atoms with E-state index in [1.807, 2.05) is 0 Å². The Bertz CT molecular complexity index is 629. The van der Waals surface area contributed by atoms with E-state index in [9.17, 15) is 0 Å². The number of aryl methyl sites for hydroxylation is 1. The maximum atomic E-state index is 2.35. The van der Waals surface area contributed by atoms with E-state index in [1.165, 1.54) is 52.7 Å². The Balaban J connectivity index is 2.04. The van der Waals surface area contributed by atoms with Gasteiger partial charge in [-0.1, -0.05) is 67.4 Å². The van der Waals surface area contributed by atoms with Gasteiger partial charge in [-0.15, -0.1) is 0 Å². The van der Waals surface area contributed by atoms with Gasteiger partial charge in [0.15, 0.2) is 0 Å². The number of unbranched alkanes of at least 4 members (excludes halogenated alkanes) is 1. The summed E-state index contributed by atoms with van der Waals surface area (Å²) < 4.78 is 0. The molecule has 0 heterocycles. The summed E-state index contributed by atoms with van der Waals surface area (Å²) in [5, 5.41) is 0. The molecular formula is C20H21. The van der Waals surface area contributed by atoms with E-state index in [-0.39, 0.29) is 0 Å². The fraction of sp³-hybridized carbons (Fsp3) is 0.250. The highest BCUT2D eigenvalue weighted by Crippen LogP contribution is 2.42. The predicted octanol–water partition coefficient (Wildman–Crippen LogP) is 5.66. The van der Waals surface area contributed by atoms with Crippen molar-refractivity contribution in [3.05, 3.63) is 77.2 Å². The van der Waals surface area contributed by atoms with Gasteiger partial charge in [-0.3, -0.25) is 0 Å². The topological polar surface area (TPSA) is 0 Å². The lowest BCUT2D eigenvalue weighted by molar-refractivity contribution is 0.825. The first-order valence-electron chi connectivity index (χ1n) is 7.54. The molecule has 20 heavy (non-hydrogen) atoms. The van der Waals surface area contributed by atoms with Crippen molar-refractivity contribution < 1.29 is 0 Å². The summed E-state index contributed by atoms with van der Waals surface area (Å²) in [5.41, 5.74) is 8.40. The van der Waals surface area contributed by atoms with Crippen molar-refractivity contribution >= 4 is 11.1 Å². The van der Waals surface area contributed by atoms with Crippen LogP contribution in [0.2, 0.25) is 0 Å². The fourth-order valence-electron chi connectivity index (χ4n) is 2.90. The average molecular weight is 261 g/mol. The standard InChI is InChI=1S/C20H21/c1-3-4-8-19-18-9-6-5-7-17(18)14-20(19)16-12-10-15(2)11-13-16/h5-7,9-14H,3-4,8H2,1-2H3. The number of hydrogen-bond acceptors (Lipinski definition) is 0. The predicted molar refractivity (Wildman–Crippen MR) is 87.4 cm³/mol. The van der Waals surface area contributed by atoms with E-state index in [1.54, 1.807) is 0 Å². The van der Waals surface area contributed by atoms with Crippen molar-refractivity contribution in [2.75, 3.05) is 0 Å². The SMILES string of the molecule is CCCCC1=C(c2ccc(C)cc2)[CH]c2ccccc21. The Labute approximate surface area is 122 Å². The number of benzene rings is 2. The molecule has 1 radical (unpaired) electrons. The molecule has 0 aromatic heterocycles. The minimum Gasteiger partial charge on any atom is -0.0654 e. The Morgan fingerprint density at radius 1 is 0.900 bits per heavy atom. The molecule has 0 heteroatoms. The Morgan fingerprint density at radius 2 is 1.65 bits per heavy atom. The van der Waals surface area contributed by atoms with Crippen LogP contribution in [-0.2, 0) is 0 Å². The van der Waals surface area contributed by atoms with Gasteiger partial charge < -0.3 is 0 Å². The van der Waals surface area contributed by atoms with E-state index in [2.05, 4.69) is 68.8 Å². The monoisotopic (exact) mass is 261 g/mol. The molecule has 2 aromatic rings. The summed E-state index contributed by atoms with van der Waals surface area (Å²) in [4.78, 5) is 0. The Kier molecular flexibility index (Phi) is 3.73. The summed E-state index contributed by atoms with van der Waals surface area (Å²) in [6.07, 6.45) is 6.03. The highest BCUT2D eigenvalue weighted by atomic mass is 14.2. The maximum absolute atomic E-state index is 2.35. The van der Waals surface area contributed by atoms with Crippen LogP contribution in [0.1, 0.15) is 48.4 Å². The van der Waals surface area contributed by atoms with Gasteiger partial charge in [0.1, 0.15) is 0 Å². The molecule has 0 saturated carbocycles. The molecule has 0 bridgehead atoms. The van der Waals surface area contributed by atoms with Gasteiger partial charge in [-0.05, 0) is 47.6 Å². The van der Waals surface area contributed by atoms with Gasteiger partial charge in [0.25, 0.3) is 0 Å². The molecule has 0 saturated heterocycles. The molecule has 0 spiro atoms. The first-order chi connectivity index (χ1) is 9.79. The van der Waals surface area contributed by atoms with Crippen LogP contribution in [0.15, 0.2) is 48.5 Å². The zero-order chi connectivity index (χ0) is 13.9. The minimum atomic E-state index is 1.17. The number of fused-ring (bicyclic) bond motifs is 1. The Morgan fingerprint density at radius 3 is 2.40 bits per heavy atom. The highest BCUT2D eigenvalue weighted by molar-refractivity contribution is 6.02. The number of allylic oxidation sites excluding steroid dienone is 2. The normalized spacial score (nSPS) is 13.7. The molecular weight excluding hydrogens is 240 g/mol. The molecule has 0 unspecified atom stereocenters. The quantitative estimate of drug-likeness (QED) is 0.666. The van der Waals surface area contributed by atoms with Crippen molar-refractivity contribution in [2.24, 2.45) is 0 Å². The van der Waals surface area contributed by atoms with Crippen LogP contribution >= 0.6 is 0 Å². The van der Waals surface area contributed by atoms with Crippen LogP contribution in [0.4, 0.5) is 0 Å². The van der Waals surface area contributed by atoms with E-state index in [0.29, 0.717) is 0 Å². The zero-order valence-electron chi connectivity index (χ0n) is 12.3. The third-order valence-corrected chi connectivity index (χ3v) is 4.05. The maximum Gasteiger partial charge on any atom is 0.0214 e. The summed E-state index contributed by atoms with van der Waals surface area (Å²) >= 11 is 0. The molecule has 0 N–H and O–H groups in total. The molecule has 0 nitrogen and oxygen atoms in total. The lowest BCUT2D eigenvalue weighted by Crippen LogP contribution is -1.87. The van der Waals surface area contributed by atoms with Crippen molar-refractivity contribution in [1.82, 2.24) is 0 Å². The van der Waals surface area contributed by atoms with Gasteiger partial charge in [0, 0.05) is 6.42 Å². The van der Waals surface area contributed by atoms with Crippen molar-refractivity contribution in [2.45, 2.75) is 33.1 Å². The third-order valence-electron chi connectivity index (χ3n) is 4.05. The average Bonchev–Trinajstić information content (AvgIpc) is 2.84. The second kappa shape index (κ2) is 5.66. The number of rotatable bonds is 4. The molecule has 0 fully saturated rings. The van der Waals surface area contributed by atoms with E-state index in [4.69, 9.17) is 0 Å². The Hall–Kier alpha value is -1.82. The van der Waals surface area contributed by atoms with Crippen molar-refractivity contribution in [3.8, 4) is 0 Å². The van der Waals surface area contributed by atoms with Crippen LogP contribution < -0.4 is 0 Å². The molecule has 101 valence electrons. The molecule has 2 aromatic carbocycles. The van der Waals surface area contributed by atoms with Gasteiger partial charge in [0.05, 0.1) is 0 Å². The van der Waals surface area contributed by atoms with Gasteiger partial charge in [-0.2, -0.15) is 0 Å². The molecule has 1 aliphatic rings. The molecule has 0 atom stereocenters. The lowest BCUT2D eigenvalue weighted by Gasteiger charge is -2.09.